The summed E-state index contributed by atoms with van der Waals surface area (Å²) in [5, 5.41) is 82.4. The summed E-state index contributed by atoms with van der Waals surface area (Å²) in [7, 11) is 0. The van der Waals surface area contributed by atoms with E-state index in [9.17, 15) is 39.9 Å². The molecule has 0 fully saturated rings. The minimum absolute atomic E-state index is 0.252. The first-order valence-electron chi connectivity index (χ1n) is 6.75. The molecule has 0 aromatic heterocycles. The fourth-order valence-electron chi connectivity index (χ4n) is 1.57. The topological polar surface area (TPSA) is 243 Å². The molecule has 0 spiro atoms. The Morgan fingerprint density at radius 1 is 0.840 bits per heavy atom. The standard InChI is InChI=1S/C12H20O13/c13-1-3(15)5(16)7(18)10(21)12(24)25-4(2-14)6(17)8(19)9(20)11(22)23/h2-10,13,15-21H,1H2,(H,22,23)/t3-,4+,5-,6-,7+,8-,9+,10-/m1/s1. The van der Waals surface area contributed by atoms with E-state index in [4.69, 9.17) is 20.4 Å². The summed E-state index contributed by atoms with van der Waals surface area (Å²) in [6.07, 6.45) is -18.8. The highest BCUT2D eigenvalue weighted by Crippen LogP contribution is 2.11. The first-order valence-corrected chi connectivity index (χ1v) is 6.75. The Morgan fingerprint density at radius 3 is 1.72 bits per heavy atom. The number of aldehydes is 1. The van der Waals surface area contributed by atoms with Crippen LogP contribution in [0.2, 0.25) is 0 Å². The molecule has 0 aromatic carbocycles. The van der Waals surface area contributed by atoms with E-state index in [2.05, 4.69) is 4.74 Å². The maximum Gasteiger partial charge on any atom is 0.338 e. The van der Waals surface area contributed by atoms with E-state index in [1.54, 1.807) is 0 Å². The average Bonchev–Trinajstić information content (AvgIpc) is 2.60. The van der Waals surface area contributed by atoms with Crippen molar-refractivity contribution < 1.29 is 65.1 Å². The number of hydrogen-bond donors (Lipinski definition) is 9. The maximum atomic E-state index is 11.6. The molecule has 9 N–H and O–H groups in total. The molecule has 13 nitrogen and oxygen atoms in total. The predicted octanol–water partition coefficient (Wildman–Crippen LogP) is -6.30. The zero-order valence-electron chi connectivity index (χ0n) is 12.6. The SMILES string of the molecule is O=C[C@H](OC(=O)[C@H](O)[C@@H](O)[C@H](O)[C@H](O)CO)[C@@H](O)[C@@H](O)[C@H](O)C(=O)O. The molecule has 8 atom stereocenters. The first-order chi connectivity index (χ1) is 11.5. The molecule has 146 valence electrons. The lowest BCUT2D eigenvalue weighted by Crippen LogP contribution is -2.52. The quantitative estimate of drug-likeness (QED) is 0.121. The van der Waals surface area contributed by atoms with Crippen molar-refractivity contribution >= 4 is 18.2 Å². The Morgan fingerprint density at radius 2 is 1.32 bits per heavy atom. The van der Waals surface area contributed by atoms with Crippen LogP contribution in [0.1, 0.15) is 0 Å². The third kappa shape index (κ3) is 6.26. The van der Waals surface area contributed by atoms with Crippen molar-refractivity contribution in [3.8, 4) is 0 Å². The average molecular weight is 372 g/mol. The second-order valence-electron chi connectivity index (χ2n) is 4.98. The van der Waals surface area contributed by atoms with Crippen LogP contribution in [-0.4, -0.2) is 120 Å². The van der Waals surface area contributed by atoms with E-state index in [0.29, 0.717) is 0 Å². The summed E-state index contributed by atoms with van der Waals surface area (Å²) in [6, 6.07) is 0. The largest absolute Gasteiger partial charge is 0.479 e. The lowest BCUT2D eigenvalue weighted by Gasteiger charge is -2.27. The van der Waals surface area contributed by atoms with Crippen molar-refractivity contribution in [1.29, 1.82) is 0 Å². The van der Waals surface area contributed by atoms with Crippen LogP contribution in [-0.2, 0) is 19.1 Å². The van der Waals surface area contributed by atoms with E-state index >= 15 is 0 Å². The van der Waals surface area contributed by atoms with Gasteiger partial charge < -0.3 is 50.7 Å². The highest BCUT2D eigenvalue weighted by Gasteiger charge is 2.40. The number of carbonyl (C=O) groups excluding carboxylic acids is 2. The van der Waals surface area contributed by atoms with Crippen LogP contribution in [0, 0.1) is 0 Å². The van der Waals surface area contributed by atoms with Gasteiger partial charge in [0.1, 0.15) is 30.5 Å². The summed E-state index contributed by atoms with van der Waals surface area (Å²) in [5.41, 5.74) is 0. The molecule has 0 rings (SSSR count). The molecule has 25 heavy (non-hydrogen) atoms. The van der Waals surface area contributed by atoms with Crippen molar-refractivity contribution in [2.24, 2.45) is 0 Å². The molecule has 0 aromatic rings. The van der Waals surface area contributed by atoms with Crippen LogP contribution in [0.4, 0.5) is 0 Å². The van der Waals surface area contributed by atoms with Gasteiger partial charge >= 0.3 is 11.9 Å². The first kappa shape index (κ1) is 23.3. The molecule has 0 aliphatic carbocycles. The van der Waals surface area contributed by atoms with Crippen LogP contribution >= 0.6 is 0 Å². The van der Waals surface area contributed by atoms with E-state index < -0.39 is 67.4 Å². The summed E-state index contributed by atoms with van der Waals surface area (Å²) >= 11 is 0. The molecule has 0 unspecified atom stereocenters. The normalized spacial score (nSPS) is 21.1. The molecular formula is C12H20O13. The van der Waals surface area contributed by atoms with Crippen LogP contribution in [0.25, 0.3) is 0 Å². The summed E-state index contributed by atoms with van der Waals surface area (Å²) < 4.78 is 4.27. The number of carboxylic acids is 1. The fraction of sp³-hybridized carbons (Fsp3) is 0.750. The number of carboxylic acid groups (broad SMARTS) is 1. The number of rotatable bonds is 11. The van der Waals surface area contributed by atoms with Gasteiger partial charge in [-0.15, -0.1) is 0 Å². The van der Waals surface area contributed by atoms with Crippen molar-refractivity contribution in [2.45, 2.75) is 48.8 Å². The zero-order chi connectivity index (χ0) is 19.9. The molecular weight excluding hydrogens is 352 g/mol. The summed E-state index contributed by atoms with van der Waals surface area (Å²) in [6.45, 7) is -1.02. The molecule has 0 aliphatic rings. The van der Waals surface area contributed by atoms with Gasteiger partial charge in [0.15, 0.2) is 24.6 Å². The van der Waals surface area contributed by atoms with Crippen LogP contribution in [0.15, 0.2) is 0 Å². The summed E-state index contributed by atoms with van der Waals surface area (Å²) in [4.78, 5) is 32.9. The molecule has 0 radical (unpaired) electrons. The van der Waals surface area contributed by atoms with Crippen molar-refractivity contribution in [1.82, 2.24) is 0 Å². The molecule has 0 bridgehead atoms. The van der Waals surface area contributed by atoms with Gasteiger partial charge in [-0.1, -0.05) is 0 Å². The second kappa shape index (κ2) is 10.3. The Bertz CT molecular complexity index is 454. The Labute approximate surface area is 139 Å². The second-order valence-corrected chi connectivity index (χ2v) is 4.98. The van der Waals surface area contributed by atoms with Gasteiger partial charge in [-0.2, -0.15) is 0 Å². The van der Waals surface area contributed by atoms with Crippen molar-refractivity contribution in [3.63, 3.8) is 0 Å². The predicted molar refractivity (Wildman–Crippen MR) is 72.7 cm³/mol. The van der Waals surface area contributed by atoms with Crippen molar-refractivity contribution in [2.75, 3.05) is 6.61 Å². The Hall–Kier alpha value is -1.71. The summed E-state index contributed by atoms with van der Waals surface area (Å²) in [5.74, 6) is -3.73. The molecule has 0 amide bonds. The Balaban J connectivity index is 4.98. The lowest BCUT2D eigenvalue weighted by molar-refractivity contribution is -0.187. The smallest absolute Gasteiger partial charge is 0.338 e. The molecule has 0 saturated carbocycles. The Kier molecular flexibility index (Phi) is 9.61. The van der Waals surface area contributed by atoms with Crippen molar-refractivity contribution in [3.05, 3.63) is 0 Å². The van der Waals surface area contributed by atoms with Gasteiger partial charge in [0, 0.05) is 0 Å². The zero-order valence-corrected chi connectivity index (χ0v) is 12.6. The fourth-order valence-corrected chi connectivity index (χ4v) is 1.57. The molecule has 0 aliphatic heterocycles. The van der Waals surface area contributed by atoms with Gasteiger partial charge in [0.05, 0.1) is 6.61 Å². The third-order valence-electron chi connectivity index (χ3n) is 3.15. The molecule has 13 heteroatoms. The minimum Gasteiger partial charge on any atom is -0.479 e. The monoisotopic (exact) mass is 372 g/mol. The number of aliphatic hydroxyl groups excluding tert-OH is 8. The van der Waals surface area contributed by atoms with E-state index in [1.807, 2.05) is 0 Å². The van der Waals surface area contributed by atoms with Gasteiger partial charge in [0.25, 0.3) is 0 Å². The van der Waals surface area contributed by atoms with E-state index in [-0.39, 0.29) is 6.29 Å². The number of hydrogen-bond acceptors (Lipinski definition) is 12. The van der Waals surface area contributed by atoms with Gasteiger partial charge in [-0.3, -0.25) is 4.79 Å². The third-order valence-corrected chi connectivity index (χ3v) is 3.15. The number of ether oxygens (including phenoxy) is 1. The highest BCUT2D eigenvalue weighted by atomic mass is 16.6. The van der Waals surface area contributed by atoms with E-state index in [0.717, 1.165) is 0 Å². The number of esters is 1. The number of aliphatic hydroxyl groups is 8. The maximum absolute atomic E-state index is 11.6. The molecule has 0 heterocycles. The molecule has 0 saturated heterocycles. The minimum atomic E-state index is -2.53. The van der Waals surface area contributed by atoms with Crippen LogP contribution < -0.4 is 0 Å². The van der Waals surface area contributed by atoms with Gasteiger partial charge in [-0.05, 0) is 0 Å². The number of carbonyl (C=O) groups is 3. The van der Waals surface area contributed by atoms with Crippen LogP contribution in [0.5, 0.6) is 0 Å². The van der Waals surface area contributed by atoms with Gasteiger partial charge in [-0.25, -0.2) is 9.59 Å². The van der Waals surface area contributed by atoms with Gasteiger partial charge in [0.2, 0.25) is 0 Å². The van der Waals surface area contributed by atoms with E-state index in [1.165, 1.54) is 0 Å². The lowest BCUT2D eigenvalue weighted by atomic mass is 10.0. The number of aliphatic carboxylic acids is 1. The van der Waals surface area contributed by atoms with Crippen LogP contribution in [0.3, 0.4) is 0 Å². The highest BCUT2D eigenvalue weighted by molar-refractivity contribution is 5.78.